The number of aliphatic imine (C=N–C) groups is 1. The molecule has 0 aliphatic carbocycles. The lowest BCUT2D eigenvalue weighted by atomic mass is 10.1. The zero-order chi connectivity index (χ0) is 16.2. The molecule has 0 saturated carbocycles. The van der Waals surface area contributed by atoms with Crippen molar-refractivity contribution in [2.24, 2.45) is 10.7 Å². The van der Waals surface area contributed by atoms with Gasteiger partial charge in [-0.05, 0) is 40.2 Å². The number of allylic oxidation sites excluding steroid dienone is 1. The maximum Gasteiger partial charge on any atom is 0.339 e. The molecule has 0 aliphatic heterocycles. The Morgan fingerprint density at radius 3 is 2.62 bits per heavy atom. The van der Waals surface area contributed by atoms with Gasteiger partial charge in [0.1, 0.15) is 5.57 Å². The highest BCUT2D eigenvalue weighted by molar-refractivity contribution is 9.10. The molecule has 0 radical (unpaired) electrons. The Bertz CT molecular complexity index is 645. The topological polar surface area (TPSA) is 75.7 Å². The first-order valence-corrected chi connectivity index (χ1v) is 6.60. The van der Waals surface area contributed by atoms with Crippen LogP contribution in [0.15, 0.2) is 51.6 Å². The van der Waals surface area contributed by atoms with Crippen molar-refractivity contribution in [1.29, 1.82) is 0 Å². The highest BCUT2D eigenvalue weighted by Crippen LogP contribution is 2.27. The van der Waals surface area contributed by atoms with Crippen molar-refractivity contribution in [2.75, 3.05) is 0 Å². The van der Waals surface area contributed by atoms with Crippen LogP contribution in [-0.4, -0.2) is 23.2 Å². The van der Waals surface area contributed by atoms with Crippen molar-refractivity contribution in [3.8, 4) is 0 Å². The van der Waals surface area contributed by atoms with E-state index in [0.29, 0.717) is 15.2 Å². The SMILES string of the molecule is C=CC(F)(F)C(N)=C(C=Nc1ccc(Cl)c(Br)c1)C(=O)O. The van der Waals surface area contributed by atoms with Crippen molar-refractivity contribution < 1.29 is 18.7 Å². The number of hydrogen-bond acceptors (Lipinski definition) is 3. The molecule has 0 amide bonds. The van der Waals surface area contributed by atoms with Crippen LogP contribution in [-0.2, 0) is 4.79 Å². The van der Waals surface area contributed by atoms with Crippen LogP contribution in [0, 0.1) is 0 Å². The van der Waals surface area contributed by atoms with Gasteiger partial charge in [-0.3, -0.25) is 4.99 Å². The maximum atomic E-state index is 13.3. The molecule has 3 N–H and O–H groups in total. The number of aliphatic carboxylic acids is 1. The summed E-state index contributed by atoms with van der Waals surface area (Å²) in [5.41, 5.74) is 3.55. The fourth-order valence-corrected chi connectivity index (χ4v) is 1.72. The van der Waals surface area contributed by atoms with E-state index in [1.165, 1.54) is 18.2 Å². The Labute approximate surface area is 132 Å². The molecule has 0 heterocycles. The van der Waals surface area contributed by atoms with Crippen molar-refractivity contribution in [2.45, 2.75) is 5.92 Å². The lowest BCUT2D eigenvalue weighted by Gasteiger charge is -2.13. The summed E-state index contributed by atoms with van der Waals surface area (Å²) in [6, 6.07) is 4.51. The van der Waals surface area contributed by atoms with Crippen molar-refractivity contribution in [1.82, 2.24) is 0 Å². The van der Waals surface area contributed by atoms with E-state index in [-0.39, 0.29) is 6.08 Å². The molecule has 112 valence electrons. The number of alkyl halides is 2. The maximum absolute atomic E-state index is 13.3. The fraction of sp³-hybridized carbons (Fsp3) is 0.0769. The summed E-state index contributed by atoms with van der Waals surface area (Å²) in [7, 11) is 0. The van der Waals surface area contributed by atoms with E-state index >= 15 is 0 Å². The van der Waals surface area contributed by atoms with Gasteiger partial charge in [0.2, 0.25) is 0 Å². The van der Waals surface area contributed by atoms with E-state index in [1.807, 2.05) is 0 Å². The molecule has 1 rings (SSSR count). The first-order valence-electron chi connectivity index (χ1n) is 5.43. The highest BCUT2D eigenvalue weighted by Gasteiger charge is 2.32. The zero-order valence-electron chi connectivity index (χ0n) is 10.5. The Kier molecular flexibility index (Phi) is 5.62. The van der Waals surface area contributed by atoms with Gasteiger partial charge in [-0.2, -0.15) is 8.78 Å². The molecule has 4 nitrogen and oxygen atoms in total. The van der Waals surface area contributed by atoms with Crippen LogP contribution in [0.3, 0.4) is 0 Å². The van der Waals surface area contributed by atoms with Gasteiger partial charge >= 0.3 is 11.9 Å². The first-order chi connectivity index (χ1) is 9.69. The number of nitrogens with two attached hydrogens (primary N) is 1. The zero-order valence-corrected chi connectivity index (χ0v) is 12.8. The number of hydrogen-bond donors (Lipinski definition) is 2. The van der Waals surface area contributed by atoms with Gasteiger partial charge < -0.3 is 10.8 Å². The summed E-state index contributed by atoms with van der Waals surface area (Å²) >= 11 is 8.95. The average Bonchev–Trinajstić information content (AvgIpc) is 2.42. The fourth-order valence-electron chi connectivity index (χ4n) is 1.23. The summed E-state index contributed by atoms with van der Waals surface area (Å²) in [6.45, 7) is 2.91. The van der Waals surface area contributed by atoms with Crippen LogP contribution in [0.1, 0.15) is 0 Å². The lowest BCUT2D eigenvalue weighted by Crippen LogP contribution is -2.27. The molecule has 0 atom stereocenters. The van der Waals surface area contributed by atoms with Crippen LogP contribution in [0.2, 0.25) is 5.02 Å². The minimum atomic E-state index is -3.64. The molecular formula is C13H10BrClF2N2O2. The van der Waals surface area contributed by atoms with Gasteiger partial charge in [-0.15, -0.1) is 0 Å². The third-order valence-electron chi connectivity index (χ3n) is 2.38. The molecule has 1 aromatic carbocycles. The van der Waals surface area contributed by atoms with E-state index < -0.39 is 23.2 Å². The third-order valence-corrected chi connectivity index (χ3v) is 3.60. The molecule has 0 aromatic heterocycles. The molecule has 0 bridgehead atoms. The van der Waals surface area contributed by atoms with Gasteiger partial charge in [-0.25, -0.2) is 4.79 Å². The number of carboxylic acids is 1. The van der Waals surface area contributed by atoms with Gasteiger partial charge in [0.05, 0.1) is 16.4 Å². The number of benzene rings is 1. The number of carboxylic acid groups (broad SMARTS) is 1. The Hall–Kier alpha value is -1.73. The molecule has 0 spiro atoms. The monoisotopic (exact) mass is 378 g/mol. The number of rotatable bonds is 5. The second-order valence-corrected chi connectivity index (χ2v) is 5.08. The number of carbonyl (C=O) groups is 1. The summed E-state index contributed by atoms with van der Waals surface area (Å²) in [5.74, 6) is -5.26. The summed E-state index contributed by atoms with van der Waals surface area (Å²) in [6.07, 6.45) is 1.02. The van der Waals surface area contributed by atoms with Gasteiger partial charge in [0, 0.05) is 10.7 Å². The van der Waals surface area contributed by atoms with Gasteiger partial charge in [0.25, 0.3) is 0 Å². The summed E-state index contributed by atoms with van der Waals surface area (Å²) in [4.78, 5) is 14.8. The Balaban J connectivity index is 3.23. The smallest absolute Gasteiger partial charge is 0.339 e. The van der Waals surface area contributed by atoms with Crippen molar-refractivity contribution in [3.05, 3.63) is 51.6 Å². The Morgan fingerprint density at radius 2 is 2.14 bits per heavy atom. The molecule has 0 fully saturated rings. The van der Waals surface area contributed by atoms with E-state index in [0.717, 1.165) is 6.21 Å². The molecular weight excluding hydrogens is 370 g/mol. The third kappa shape index (κ3) is 4.37. The van der Waals surface area contributed by atoms with E-state index in [9.17, 15) is 13.6 Å². The molecule has 0 unspecified atom stereocenters. The summed E-state index contributed by atoms with van der Waals surface area (Å²) in [5, 5.41) is 9.38. The molecule has 0 saturated heterocycles. The second kappa shape index (κ2) is 6.82. The van der Waals surface area contributed by atoms with Gasteiger partial charge in [-0.1, -0.05) is 18.2 Å². The van der Waals surface area contributed by atoms with E-state index in [2.05, 4.69) is 27.5 Å². The van der Waals surface area contributed by atoms with Crippen LogP contribution < -0.4 is 5.73 Å². The quantitative estimate of drug-likeness (QED) is 0.462. The van der Waals surface area contributed by atoms with Gasteiger partial charge in [0.15, 0.2) is 0 Å². The predicted molar refractivity (Wildman–Crippen MR) is 81.3 cm³/mol. The molecule has 8 heteroatoms. The van der Waals surface area contributed by atoms with Crippen molar-refractivity contribution in [3.63, 3.8) is 0 Å². The normalized spacial score (nSPS) is 13.1. The van der Waals surface area contributed by atoms with E-state index in [4.69, 9.17) is 22.4 Å². The van der Waals surface area contributed by atoms with Crippen molar-refractivity contribution >= 4 is 45.4 Å². The minimum Gasteiger partial charge on any atom is -0.478 e. The van der Waals surface area contributed by atoms with Crippen LogP contribution in [0.4, 0.5) is 14.5 Å². The molecule has 0 aliphatic rings. The number of nitrogens with zero attached hydrogens (tertiary/aromatic N) is 1. The minimum absolute atomic E-state index is 0.262. The Morgan fingerprint density at radius 1 is 1.52 bits per heavy atom. The number of halogens is 4. The molecule has 21 heavy (non-hydrogen) atoms. The lowest BCUT2D eigenvalue weighted by molar-refractivity contribution is -0.132. The second-order valence-electron chi connectivity index (χ2n) is 3.82. The van der Waals surface area contributed by atoms with E-state index in [1.54, 1.807) is 0 Å². The average molecular weight is 380 g/mol. The largest absolute Gasteiger partial charge is 0.478 e. The summed E-state index contributed by atoms with van der Waals surface area (Å²) < 4.78 is 27.2. The van der Waals surface area contributed by atoms with Crippen LogP contribution >= 0.6 is 27.5 Å². The molecule has 1 aromatic rings. The predicted octanol–water partition coefficient (Wildman–Crippen LogP) is 3.92. The first kappa shape index (κ1) is 17.3. The van der Waals surface area contributed by atoms with Crippen LogP contribution in [0.25, 0.3) is 0 Å². The van der Waals surface area contributed by atoms with Crippen LogP contribution in [0.5, 0.6) is 0 Å². The highest BCUT2D eigenvalue weighted by atomic mass is 79.9. The standard InChI is InChI=1S/C13H10BrClF2N2O2/c1-2-13(16,17)11(18)8(12(20)21)6-19-7-3-4-10(15)9(14)5-7/h2-6H,1,18H2,(H,20,21).